The van der Waals surface area contributed by atoms with Gasteiger partial charge >= 0.3 is 12.1 Å². The maximum Gasteiger partial charge on any atom is 0.453 e. The Kier molecular flexibility index (Phi) is 6.78. The zero-order valence-corrected chi connectivity index (χ0v) is 10.9. The van der Waals surface area contributed by atoms with Gasteiger partial charge in [-0.25, -0.2) is 0 Å². The predicted octanol–water partition coefficient (Wildman–Crippen LogP) is 4.48. The number of thiol groups is 1. The summed E-state index contributed by atoms with van der Waals surface area (Å²) < 4.78 is 61.0. The Balaban J connectivity index is 3.93. The Morgan fingerprint density at radius 1 is 1.07 bits per heavy atom. The first-order valence-electron chi connectivity index (χ1n) is 4.39. The van der Waals surface area contributed by atoms with E-state index in [0.29, 0.717) is 6.42 Å². The molecule has 0 spiro atoms. The summed E-state index contributed by atoms with van der Waals surface area (Å²) in [6.45, 7) is 0. The van der Waals surface area contributed by atoms with Crippen LogP contribution in [0.4, 0.5) is 22.0 Å². The Bertz CT molecular complexity index is 182. The van der Waals surface area contributed by atoms with Crippen LogP contribution in [0, 0.1) is 0 Å². The quantitative estimate of drug-likeness (QED) is 0.306. The van der Waals surface area contributed by atoms with Gasteiger partial charge in [0.2, 0.25) is 0 Å². The number of hydrogen-bond acceptors (Lipinski definition) is 1. The van der Waals surface area contributed by atoms with Gasteiger partial charge in [-0.2, -0.15) is 34.6 Å². The van der Waals surface area contributed by atoms with E-state index >= 15 is 0 Å². The summed E-state index contributed by atoms with van der Waals surface area (Å²) in [5.41, 5.74) is 0. The van der Waals surface area contributed by atoms with Gasteiger partial charge in [0.15, 0.2) is 0 Å². The smallest absolute Gasteiger partial charge is 0.196 e. The Labute approximate surface area is 105 Å². The Morgan fingerprint density at radius 3 is 2.00 bits per heavy atom. The minimum atomic E-state index is -5.44. The van der Waals surface area contributed by atoms with Crippen molar-refractivity contribution < 1.29 is 22.0 Å². The lowest BCUT2D eigenvalue weighted by Gasteiger charge is -2.20. The van der Waals surface area contributed by atoms with Crippen molar-refractivity contribution in [1.82, 2.24) is 0 Å². The highest BCUT2D eigenvalue weighted by Gasteiger charge is 2.56. The molecule has 0 aliphatic carbocycles. The lowest BCUT2D eigenvalue weighted by atomic mass is 10.1. The number of hydrogen-bond donors (Lipinski definition) is 1. The molecule has 7 heteroatoms. The third-order valence-electron chi connectivity index (χ3n) is 1.88. The van der Waals surface area contributed by atoms with Gasteiger partial charge in [0.05, 0.1) is 0 Å². The van der Waals surface area contributed by atoms with Crippen molar-refractivity contribution in [2.75, 3.05) is 4.43 Å². The van der Waals surface area contributed by atoms with Crippen molar-refractivity contribution >= 4 is 35.2 Å². The fraction of sp³-hybridized carbons (Fsp3) is 1.00. The molecule has 0 saturated carbocycles. The van der Waals surface area contributed by atoms with Crippen molar-refractivity contribution in [2.24, 2.45) is 0 Å². The molecule has 1 unspecified atom stereocenters. The molecular weight excluding hydrogens is 350 g/mol. The third kappa shape index (κ3) is 6.13. The van der Waals surface area contributed by atoms with E-state index in [1.807, 2.05) is 0 Å². The maximum atomic E-state index is 12.5. The van der Waals surface area contributed by atoms with Crippen molar-refractivity contribution in [1.29, 1.82) is 0 Å². The molecule has 92 valence electrons. The molecule has 0 aliphatic heterocycles. The van der Waals surface area contributed by atoms with Crippen molar-refractivity contribution in [3.8, 4) is 0 Å². The summed E-state index contributed by atoms with van der Waals surface area (Å²) in [6, 6.07) is 0. The molecule has 0 nitrogen and oxygen atoms in total. The molecule has 0 bridgehead atoms. The van der Waals surface area contributed by atoms with Gasteiger partial charge in [0, 0.05) is 11.7 Å². The summed E-state index contributed by atoms with van der Waals surface area (Å²) in [5.74, 6) is -4.59. The summed E-state index contributed by atoms with van der Waals surface area (Å²) in [4.78, 5) is 0. The zero-order valence-electron chi connectivity index (χ0n) is 7.83. The molecule has 0 radical (unpaired) electrons. The molecule has 0 heterocycles. The molecule has 0 aromatic heterocycles. The summed E-state index contributed by atoms with van der Waals surface area (Å²) in [7, 11) is 0. The monoisotopic (exact) mass is 362 g/mol. The zero-order chi connectivity index (χ0) is 12.1. The number of alkyl halides is 6. The standard InChI is InChI=1S/C8H12F5IS/c9-7(10,8(11,12)13)4-3-6(15)2-1-5-14/h6,15H,1-5H2. The van der Waals surface area contributed by atoms with E-state index in [0.717, 1.165) is 10.8 Å². The van der Waals surface area contributed by atoms with Crippen LogP contribution in [-0.2, 0) is 0 Å². The minimum absolute atomic E-state index is 0.216. The fourth-order valence-corrected chi connectivity index (χ4v) is 1.70. The molecule has 0 aliphatic rings. The van der Waals surface area contributed by atoms with Crippen LogP contribution in [0.15, 0.2) is 0 Å². The van der Waals surface area contributed by atoms with Crippen LogP contribution in [0.3, 0.4) is 0 Å². The molecule has 0 rings (SSSR count). The molecule has 0 aromatic carbocycles. The maximum absolute atomic E-state index is 12.5. The van der Waals surface area contributed by atoms with Crippen LogP contribution in [-0.4, -0.2) is 21.8 Å². The highest BCUT2D eigenvalue weighted by Crippen LogP contribution is 2.39. The fourth-order valence-electron chi connectivity index (χ4n) is 0.947. The van der Waals surface area contributed by atoms with E-state index < -0.39 is 18.5 Å². The first-order valence-corrected chi connectivity index (χ1v) is 6.43. The van der Waals surface area contributed by atoms with E-state index in [1.165, 1.54) is 0 Å². The average molecular weight is 362 g/mol. The van der Waals surface area contributed by atoms with Crippen LogP contribution in [0.5, 0.6) is 0 Å². The predicted molar refractivity (Wildman–Crippen MR) is 61.1 cm³/mol. The second kappa shape index (κ2) is 6.46. The minimum Gasteiger partial charge on any atom is -0.196 e. The molecule has 15 heavy (non-hydrogen) atoms. The van der Waals surface area contributed by atoms with Gasteiger partial charge in [-0.1, -0.05) is 22.6 Å². The van der Waals surface area contributed by atoms with Gasteiger partial charge in [-0.15, -0.1) is 0 Å². The second-order valence-corrected chi connectivity index (χ2v) is 5.03. The van der Waals surface area contributed by atoms with Gasteiger partial charge in [-0.05, 0) is 23.7 Å². The first kappa shape index (κ1) is 15.7. The molecule has 0 amide bonds. The molecule has 0 fully saturated rings. The van der Waals surface area contributed by atoms with Crippen molar-refractivity contribution in [3.63, 3.8) is 0 Å². The van der Waals surface area contributed by atoms with E-state index in [2.05, 4.69) is 35.2 Å². The normalized spacial score (nSPS) is 15.4. The van der Waals surface area contributed by atoms with Crippen LogP contribution in [0.1, 0.15) is 25.7 Å². The number of halogens is 6. The van der Waals surface area contributed by atoms with Gasteiger partial charge in [0.1, 0.15) is 0 Å². The topological polar surface area (TPSA) is 0 Å². The highest BCUT2D eigenvalue weighted by molar-refractivity contribution is 14.1. The van der Waals surface area contributed by atoms with Crippen molar-refractivity contribution in [3.05, 3.63) is 0 Å². The van der Waals surface area contributed by atoms with Crippen LogP contribution >= 0.6 is 35.2 Å². The molecule has 0 N–H and O–H groups in total. The summed E-state index contributed by atoms with van der Waals surface area (Å²) in [5, 5.41) is -0.381. The Morgan fingerprint density at radius 2 is 1.60 bits per heavy atom. The van der Waals surface area contributed by atoms with Gasteiger partial charge < -0.3 is 0 Å². The molecular formula is C8H12F5IS. The lowest BCUT2D eigenvalue weighted by Crippen LogP contribution is -2.36. The number of rotatable bonds is 6. The van der Waals surface area contributed by atoms with Crippen molar-refractivity contribution in [2.45, 2.75) is 43.0 Å². The molecule has 0 aromatic rings. The van der Waals surface area contributed by atoms with Gasteiger partial charge in [0.25, 0.3) is 0 Å². The van der Waals surface area contributed by atoms with Gasteiger partial charge in [-0.3, -0.25) is 0 Å². The lowest BCUT2D eigenvalue weighted by molar-refractivity contribution is -0.284. The molecule has 1 atom stereocenters. The first-order chi connectivity index (χ1) is 6.70. The largest absolute Gasteiger partial charge is 0.453 e. The van der Waals surface area contributed by atoms with E-state index in [1.54, 1.807) is 0 Å². The van der Waals surface area contributed by atoms with Crippen LogP contribution in [0.2, 0.25) is 0 Å². The van der Waals surface area contributed by atoms with Crippen LogP contribution < -0.4 is 0 Å². The van der Waals surface area contributed by atoms with E-state index in [-0.39, 0.29) is 11.7 Å². The molecule has 0 saturated heterocycles. The Hall–Kier alpha value is 0.730. The average Bonchev–Trinajstić information content (AvgIpc) is 2.09. The van der Waals surface area contributed by atoms with E-state index in [4.69, 9.17) is 0 Å². The third-order valence-corrected chi connectivity index (χ3v) is 3.16. The van der Waals surface area contributed by atoms with E-state index in [9.17, 15) is 22.0 Å². The SMILES string of the molecule is FC(F)(F)C(F)(F)CCC(S)CCCI. The second-order valence-electron chi connectivity index (χ2n) is 3.23. The van der Waals surface area contributed by atoms with Crippen LogP contribution in [0.25, 0.3) is 0 Å². The summed E-state index contributed by atoms with van der Waals surface area (Å²) in [6.07, 6.45) is -5.48. The summed E-state index contributed by atoms with van der Waals surface area (Å²) >= 11 is 6.08. The highest BCUT2D eigenvalue weighted by atomic mass is 127.